The summed E-state index contributed by atoms with van der Waals surface area (Å²) in [6.07, 6.45) is 3.99. The third-order valence-electron chi connectivity index (χ3n) is 3.17. The number of aromatic amines is 1. The van der Waals surface area contributed by atoms with Crippen molar-refractivity contribution in [3.05, 3.63) is 34.2 Å². The number of nitrogens with zero attached hydrogens (tertiary/aromatic N) is 1. The summed E-state index contributed by atoms with van der Waals surface area (Å²) in [5.74, 6) is 0. The summed E-state index contributed by atoms with van der Waals surface area (Å²) in [7, 11) is 0. The van der Waals surface area contributed by atoms with Gasteiger partial charge in [-0.25, -0.2) is 0 Å². The van der Waals surface area contributed by atoms with Gasteiger partial charge in [-0.15, -0.1) is 0 Å². The Labute approximate surface area is 90.1 Å². The Morgan fingerprint density at radius 2 is 2.33 bits per heavy atom. The van der Waals surface area contributed by atoms with E-state index in [9.17, 15) is 4.79 Å². The summed E-state index contributed by atoms with van der Waals surface area (Å²) in [5.41, 5.74) is 0.985. The van der Waals surface area contributed by atoms with E-state index < -0.39 is 0 Å². The minimum atomic E-state index is 0.0649. The van der Waals surface area contributed by atoms with Gasteiger partial charge in [0.1, 0.15) is 0 Å². The van der Waals surface area contributed by atoms with Gasteiger partial charge in [0.25, 0.3) is 5.56 Å². The lowest BCUT2D eigenvalue weighted by atomic mass is 10.1. The molecule has 1 aliphatic heterocycles. The van der Waals surface area contributed by atoms with Crippen molar-refractivity contribution >= 4 is 0 Å². The van der Waals surface area contributed by atoms with Gasteiger partial charge < -0.3 is 4.98 Å². The van der Waals surface area contributed by atoms with Gasteiger partial charge in [0.05, 0.1) is 0 Å². The molecule has 0 radical (unpaired) electrons. The number of likely N-dealkylation sites (tertiary alicyclic amines) is 1. The molecule has 0 spiro atoms. The average Bonchev–Trinajstić information content (AvgIpc) is 2.67. The first-order valence-corrected chi connectivity index (χ1v) is 5.63. The molecule has 3 nitrogen and oxygen atoms in total. The highest BCUT2D eigenvalue weighted by atomic mass is 16.1. The molecule has 1 unspecified atom stereocenters. The Kier molecular flexibility index (Phi) is 2.91. The molecule has 1 aromatic rings. The van der Waals surface area contributed by atoms with Gasteiger partial charge in [-0.3, -0.25) is 9.69 Å². The van der Waals surface area contributed by atoms with Crippen LogP contribution in [0.15, 0.2) is 23.1 Å². The zero-order valence-corrected chi connectivity index (χ0v) is 9.36. The molecule has 0 amide bonds. The van der Waals surface area contributed by atoms with Crippen LogP contribution in [0.3, 0.4) is 0 Å². The van der Waals surface area contributed by atoms with E-state index in [0.717, 1.165) is 18.5 Å². The van der Waals surface area contributed by atoms with E-state index >= 15 is 0 Å². The van der Waals surface area contributed by atoms with Crippen molar-refractivity contribution in [2.75, 3.05) is 6.54 Å². The van der Waals surface area contributed by atoms with Gasteiger partial charge in [-0.2, -0.15) is 0 Å². The topological polar surface area (TPSA) is 36.1 Å². The van der Waals surface area contributed by atoms with E-state index in [-0.39, 0.29) is 5.56 Å². The lowest BCUT2D eigenvalue weighted by Crippen LogP contribution is -2.32. The Morgan fingerprint density at radius 3 is 3.00 bits per heavy atom. The fraction of sp³-hybridized carbons (Fsp3) is 0.583. The van der Waals surface area contributed by atoms with Crippen molar-refractivity contribution in [2.24, 2.45) is 0 Å². The third kappa shape index (κ3) is 1.97. The SMILES string of the molecule is CC(C)N1CCCC1c1ccc[nH]c1=O. The molecular weight excluding hydrogens is 188 g/mol. The second-order valence-electron chi connectivity index (χ2n) is 4.44. The summed E-state index contributed by atoms with van der Waals surface area (Å²) in [6, 6.07) is 4.68. The molecule has 0 aliphatic carbocycles. The predicted octanol–water partition coefficient (Wildman–Crippen LogP) is 1.92. The fourth-order valence-corrected chi connectivity index (χ4v) is 2.44. The molecule has 0 bridgehead atoms. The minimum absolute atomic E-state index is 0.0649. The van der Waals surface area contributed by atoms with Crippen molar-refractivity contribution in [1.29, 1.82) is 0 Å². The van der Waals surface area contributed by atoms with E-state index in [0.29, 0.717) is 12.1 Å². The predicted molar refractivity (Wildman–Crippen MR) is 60.9 cm³/mol. The van der Waals surface area contributed by atoms with Gasteiger partial charge in [0.15, 0.2) is 0 Å². The molecule has 1 atom stereocenters. The molecule has 82 valence electrons. The summed E-state index contributed by atoms with van der Waals surface area (Å²) >= 11 is 0. The van der Waals surface area contributed by atoms with Gasteiger partial charge in [-0.1, -0.05) is 6.07 Å². The lowest BCUT2D eigenvalue weighted by molar-refractivity contribution is 0.204. The van der Waals surface area contributed by atoms with Crippen LogP contribution in [0.4, 0.5) is 0 Å². The molecule has 0 aromatic carbocycles. The van der Waals surface area contributed by atoms with Gasteiger partial charge in [-0.05, 0) is 39.3 Å². The highest BCUT2D eigenvalue weighted by Crippen LogP contribution is 2.31. The third-order valence-corrected chi connectivity index (χ3v) is 3.17. The van der Waals surface area contributed by atoms with E-state index in [1.807, 2.05) is 12.1 Å². The largest absolute Gasteiger partial charge is 0.329 e. The number of H-pyrrole nitrogens is 1. The Balaban J connectivity index is 2.31. The zero-order chi connectivity index (χ0) is 10.8. The smallest absolute Gasteiger partial charge is 0.252 e. The molecule has 0 saturated carbocycles. The van der Waals surface area contributed by atoms with Gasteiger partial charge >= 0.3 is 0 Å². The minimum Gasteiger partial charge on any atom is -0.329 e. The Bertz CT molecular complexity index is 383. The fourth-order valence-electron chi connectivity index (χ4n) is 2.44. The van der Waals surface area contributed by atoms with Crippen molar-refractivity contribution in [3.63, 3.8) is 0 Å². The lowest BCUT2D eigenvalue weighted by Gasteiger charge is -2.27. The number of pyridine rings is 1. The maximum absolute atomic E-state index is 11.7. The van der Waals surface area contributed by atoms with Crippen LogP contribution in [-0.2, 0) is 0 Å². The van der Waals surface area contributed by atoms with Crippen LogP contribution < -0.4 is 5.56 Å². The van der Waals surface area contributed by atoms with Crippen LogP contribution >= 0.6 is 0 Å². The number of hydrogen-bond donors (Lipinski definition) is 1. The Hall–Kier alpha value is -1.09. The second-order valence-corrected chi connectivity index (χ2v) is 4.44. The van der Waals surface area contributed by atoms with E-state index in [2.05, 4.69) is 23.7 Å². The maximum Gasteiger partial charge on any atom is 0.252 e. The Morgan fingerprint density at radius 1 is 1.53 bits per heavy atom. The molecule has 1 aromatic heterocycles. The highest BCUT2D eigenvalue weighted by molar-refractivity contribution is 5.15. The van der Waals surface area contributed by atoms with Crippen molar-refractivity contribution in [2.45, 2.75) is 38.8 Å². The first-order chi connectivity index (χ1) is 7.20. The molecule has 1 aliphatic rings. The second kappa shape index (κ2) is 4.19. The van der Waals surface area contributed by atoms with Crippen molar-refractivity contribution in [3.8, 4) is 0 Å². The van der Waals surface area contributed by atoms with Crippen molar-refractivity contribution in [1.82, 2.24) is 9.88 Å². The maximum atomic E-state index is 11.7. The molecule has 2 heterocycles. The molecule has 2 rings (SSSR count). The summed E-state index contributed by atoms with van der Waals surface area (Å²) in [4.78, 5) is 16.9. The average molecular weight is 206 g/mol. The van der Waals surface area contributed by atoms with Crippen molar-refractivity contribution < 1.29 is 0 Å². The first-order valence-electron chi connectivity index (χ1n) is 5.63. The van der Waals surface area contributed by atoms with Crippen LogP contribution in [-0.4, -0.2) is 22.5 Å². The van der Waals surface area contributed by atoms with Crippen LogP contribution in [0.25, 0.3) is 0 Å². The quantitative estimate of drug-likeness (QED) is 0.802. The molecule has 3 heteroatoms. The molecular formula is C12H18N2O. The van der Waals surface area contributed by atoms with Gasteiger partial charge in [0, 0.05) is 23.8 Å². The first kappa shape index (κ1) is 10.4. The number of aromatic nitrogens is 1. The normalized spacial score (nSPS) is 22.5. The van der Waals surface area contributed by atoms with E-state index in [1.54, 1.807) is 6.20 Å². The number of nitrogens with one attached hydrogen (secondary N) is 1. The number of hydrogen-bond acceptors (Lipinski definition) is 2. The monoisotopic (exact) mass is 206 g/mol. The number of rotatable bonds is 2. The summed E-state index contributed by atoms with van der Waals surface area (Å²) < 4.78 is 0. The molecule has 1 fully saturated rings. The highest BCUT2D eigenvalue weighted by Gasteiger charge is 2.29. The summed E-state index contributed by atoms with van der Waals surface area (Å²) in [5, 5.41) is 0. The van der Waals surface area contributed by atoms with Crippen LogP contribution in [0.2, 0.25) is 0 Å². The molecule has 1 saturated heterocycles. The summed E-state index contributed by atoms with van der Waals surface area (Å²) in [6.45, 7) is 5.49. The zero-order valence-electron chi connectivity index (χ0n) is 9.36. The van der Waals surface area contributed by atoms with Crippen LogP contribution in [0, 0.1) is 0 Å². The van der Waals surface area contributed by atoms with E-state index in [1.165, 1.54) is 6.42 Å². The van der Waals surface area contributed by atoms with Crippen LogP contribution in [0.1, 0.15) is 38.3 Å². The molecule has 1 N–H and O–H groups in total. The van der Waals surface area contributed by atoms with E-state index in [4.69, 9.17) is 0 Å². The van der Waals surface area contributed by atoms with Crippen LogP contribution in [0.5, 0.6) is 0 Å². The van der Waals surface area contributed by atoms with Gasteiger partial charge in [0.2, 0.25) is 0 Å². The standard InChI is InChI=1S/C12H18N2O/c1-9(2)14-8-4-6-11(14)10-5-3-7-13-12(10)15/h3,5,7,9,11H,4,6,8H2,1-2H3,(H,13,15). The molecule has 15 heavy (non-hydrogen) atoms.